The first-order valence-electron chi connectivity index (χ1n) is 6.48. The molecule has 2 heterocycles. The molecule has 0 saturated heterocycles. The monoisotopic (exact) mass is 282 g/mol. The maximum absolute atomic E-state index is 11.6. The van der Waals surface area contributed by atoms with Crippen LogP contribution in [0.5, 0.6) is 5.75 Å². The average molecular weight is 282 g/mol. The van der Waals surface area contributed by atoms with Crippen molar-refractivity contribution in [1.82, 2.24) is 5.43 Å². The van der Waals surface area contributed by atoms with E-state index in [2.05, 4.69) is 10.5 Å². The Bertz CT molecular complexity index is 739. The van der Waals surface area contributed by atoms with Gasteiger partial charge in [-0.3, -0.25) is 4.79 Å². The van der Waals surface area contributed by atoms with E-state index in [-0.39, 0.29) is 5.91 Å². The minimum absolute atomic E-state index is 0.213. The largest absolute Gasteiger partial charge is 0.497 e. The number of hydrazone groups is 1. The number of hydrogen-bond acceptors (Lipinski definition) is 4. The highest BCUT2D eigenvalue weighted by atomic mass is 16.5. The first-order valence-corrected chi connectivity index (χ1v) is 6.48. The molecule has 0 radical (unpaired) electrons. The summed E-state index contributed by atoms with van der Waals surface area (Å²) in [5, 5.41) is 3.87. The number of benzene rings is 1. The van der Waals surface area contributed by atoms with E-state index < -0.39 is 0 Å². The number of rotatable bonds is 3. The van der Waals surface area contributed by atoms with Crippen molar-refractivity contribution in [2.45, 2.75) is 6.92 Å². The number of carbonyl (C=O) groups excluding carboxylic acids is 1. The van der Waals surface area contributed by atoms with Crippen molar-refractivity contribution in [2.75, 3.05) is 7.11 Å². The number of nitrogens with zero attached hydrogens (tertiary/aromatic N) is 1. The molecule has 3 rings (SSSR count). The van der Waals surface area contributed by atoms with Crippen molar-refractivity contribution in [1.29, 1.82) is 0 Å². The summed E-state index contributed by atoms with van der Waals surface area (Å²) in [6.45, 7) is 1.77. The number of nitrogens with one attached hydrogen (secondary N) is 1. The Morgan fingerprint density at radius 2 is 1.95 bits per heavy atom. The Hall–Kier alpha value is -2.82. The Balaban J connectivity index is 1.88. The van der Waals surface area contributed by atoms with Crippen LogP contribution in [0.25, 0.3) is 17.4 Å². The van der Waals surface area contributed by atoms with Crippen LogP contribution in [0.4, 0.5) is 0 Å². The summed E-state index contributed by atoms with van der Waals surface area (Å²) in [7, 11) is 1.63. The van der Waals surface area contributed by atoms with Gasteiger partial charge in [-0.15, -0.1) is 0 Å². The molecule has 0 saturated carbocycles. The van der Waals surface area contributed by atoms with E-state index in [0.717, 1.165) is 17.1 Å². The zero-order valence-corrected chi connectivity index (χ0v) is 11.7. The van der Waals surface area contributed by atoms with Crippen molar-refractivity contribution in [3.63, 3.8) is 0 Å². The lowest BCUT2D eigenvalue weighted by Gasteiger charge is -2.00. The molecule has 1 aromatic heterocycles. The first kappa shape index (κ1) is 13.2. The molecule has 5 heteroatoms. The van der Waals surface area contributed by atoms with Gasteiger partial charge in [-0.2, -0.15) is 5.10 Å². The van der Waals surface area contributed by atoms with Gasteiger partial charge in [0, 0.05) is 5.56 Å². The number of amides is 1. The number of carbonyl (C=O) groups is 1. The summed E-state index contributed by atoms with van der Waals surface area (Å²) in [6.07, 6.45) is 1.69. The van der Waals surface area contributed by atoms with E-state index in [1.54, 1.807) is 20.1 Å². The van der Waals surface area contributed by atoms with Crippen LogP contribution in [0.3, 0.4) is 0 Å². The van der Waals surface area contributed by atoms with Crippen LogP contribution in [0, 0.1) is 0 Å². The molecule has 1 N–H and O–H groups in total. The number of methoxy groups -OCH3 is 1. The Morgan fingerprint density at radius 1 is 1.19 bits per heavy atom. The molecule has 0 spiro atoms. The van der Waals surface area contributed by atoms with Gasteiger partial charge >= 0.3 is 0 Å². The number of furan rings is 1. The molecule has 0 bridgehead atoms. The number of hydrogen-bond donors (Lipinski definition) is 1. The van der Waals surface area contributed by atoms with Crippen molar-refractivity contribution in [2.24, 2.45) is 5.10 Å². The molecule has 1 amide bonds. The Labute approximate surface area is 121 Å². The molecule has 1 aliphatic heterocycles. The van der Waals surface area contributed by atoms with Crippen LogP contribution < -0.4 is 10.2 Å². The Kier molecular flexibility index (Phi) is 3.31. The molecule has 0 aliphatic carbocycles. The predicted molar refractivity (Wildman–Crippen MR) is 79.9 cm³/mol. The second-order valence-electron chi connectivity index (χ2n) is 4.63. The summed E-state index contributed by atoms with van der Waals surface area (Å²) in [4.78, 5) is 11.6. The van der Waals surface area contributed by atoms with Crippen LogP contribution >= 0.6 is 0 Å². The van der Waals surface area contributed by atoms with Crippen molar-refractivity contribution >= 4 is 17.7 Å². The van der Waals surface area contributed by atoms with E-state index >= 15 is 0 Å². The lowest BCUT2D eigenvalue weighted by molar-refractivity contribution is -0.116. The molecular formula is C16H14N2O3. The highest BCUT2D eigenvalue weighted by Crippen LogP contribution is 2.25. The van der Waals surface area contributed by atoms with Crippen molar-refractivity contribution < 1.29 is 13.9 Å². The van der Waals surface area contributed by atoms with Gasteiger partial charge in [0.25, 0.3) is 5.91 Å². The van der Waals surface area contributed by atoms with Gasteiger partial charge in [-0.05, 0) is 49.4 Å². The van der Waals surface area contributed by atoms with E-state index in [0.29, 0.717) is 17.0 Å². The van der Waals surface area contributed by atoms with Gasteiger partial charge in [0.1, 0.15) is 17.3 Å². The predicted octanol–water partition coefficient (Wildman–Crippen LogP) is 2.84. The van der Waals surface area contributed by atoms with E-state index in [1.807, 2.05) is 36.4 Å². The average Bonchev–Trinajstić information content (AvgIpc) is 3.10. The fourth-order valence-corrected chi connectivity index (χ4v) is 2.07. The molecular weight excluding hydrogens is 268 g/mol. The van der Waals surface area contributed by atoms with E-state index in [9.17, 15) is 4.79 Å². The minimum atomic E-state index is -0.213. The second kappa shape index (κ2) is 5.28. The van der Waals surface area contributed by atoms with Gasteiger partial charge in [-0.25, -0.2) is 5.43 Å². The summed E-state index contributed by atoms with van der Waals surface area (Å²) in [5.74, 6) is 1.93. The van der Waals surface area contributed by atoms with Crippen LogP contribution in [0.2, 0.25) is 0 Å². The molecule has 2 aromatic rings. The SMILES string of the molecule is COc1ccc(-c2ccc(/C=C3\C(=O)NN=C3C)o2)cc1. The van der Waals surface area contributed by atoms with E-state index in [4.69, 9.17) is 9.15 Å². The third-order valence-corrected chi connectivity index (χ3v) is 3.25. The molecule has 106 valence electrons. The van der Waals surface area contributed by atoms with Crippen LogP contribution in [-0.2, 0) is 4.79 Å². The normalized spacial score (nSPS) is 16.0. The first-order chi connectivity index (χ1) is 10.2. The minimum Gasteiger partial charge on any atom is -0.497 e. The zero-order chi connectivity index (χ0) is 14.8. The van der Waals surface area contributed by atoms with Gasteiger partial charge in [0.15, 0.2) is 0 Å². The second-order valence-corrected chi connectivity index (χ2v) is 4.63. The topological polar surface area (TPSA) is 63.8 Å². The maximum Gasteiger partial charge on any atom is 0.273 e. The fraction of sp³-hybridized carbons (Fsp3) is 0.125. The van der Waals surface area contributed by atoms with E-state index in [1.165, 1.54) is 0 Å². The van der Waals surface area contributed by atoms with Gasteiger partial charge < -0.3 is 9.15 Å². The Morgan fingerprint density at radius 3 is 2.57 bits per heavy atom. The molecule has 0 atom stereocenters. The fourth-order valence-electron chi connectivity index (χ4n) is 2.07. The van der Waals surface area contributed by atoms with Crippen LogP contribution in [0.15, 0.2) is 51.5 Å². The third kappa shape index (κ3) is 2.58. The van der Waals surface area contributed by atoms with Crippen LogP contribution in [-0.4, -0.2) is 18.7 Å². The molecule has 5 nitrogen and oxygen atoms in total. The lowest BCUT2D eigenvalue weighted by atomic mass is 10.1. The quantitative estimate of drug-likeness (QED) is 0.880. The molecule has 21 heavy (non-hydrogen) atoms. The summed E-state index contributed by atoms with van der Waals surface area (Å²) >= 11 is 0. The van der Waals surface area contributed by atoms with Crippen molar-refractivity contribution in [3.8, 4) is 17.1 Å². The summed E-state index contributed by atoms with van der Waals surface area (Å²) in [6, 6.07) is 11.3. The van der Waals surface area contributed by atoms with Gasteiger partial charge in [0.05, 0.1) is 18.4 Å². The maximum atomic E-state index is 11.6. The van der Waals surface area contributed by atoms with Gasteiger partial charge in [-0.1, -0.05) is 0 Å². The summed E-state index contributed by atoms with van der Waals surface area (Å²) < 4.78 is 10.9. The lowest BCUT2D eigenvalue weighted by Crippen LogP contribution is -2.12. The van der Waals surface area contributed by atoms with Crippen molar-refractivity contribution in [3.05, 3.63) is 47.7 Å². The highest BCUT2D eigenvalue weighted by Gasteiger charge is 2.19. The number of ether oxygens (including phenoxy) is 1. The highest BCUT2D eigenvalue weighted by molar-refractivity contribution is 6.26. The molecule has 1 aromatic carbocycles. The molecule has 1 aliphatic rings. The van der Waals surface area contributed by atoms with Gasteiger partial charge in [0.2, 0.25) is 0 Å². The molecule has 0 fully saturated rings. The standard InChI is InChI=1S/C16H14N2O3/c1-10-14(16(19)18-17-10)9-13-7-8-15(21-13)11-3-5-12(20-2)6-4-11/h3-9H,1-2H3,(H,18,19)/b14-9-. The zero-order valence-electron chi connectivity index (χ0n) is 11.7. The summed E-state index contributed by atoms with van der Waals surface area (Å²) in [5.41, 5.74) is 4.54. The third-order valence-electron chi connectivity index (χ3n) is 3.25. The van der Waals surface area contributed by atoms with Crippen LogP contribution in [0.1, 0.15) is 12.7 Å². The molecule has 0 unspecified atom stereocenters. The smallest absolute Gasteiger partial charge is 0.273 e.